The van der Waals surface area contributed by atoms with Crippen LogP contribution in [0.3, 0.4) is 0 Å². The number of carbonyl (C=O) groups is 1. The fourth-order valence-corrected chi connectivity index (χ4v) is 3.97. The Bertz CT molecular complexity index is 1510. The van der Waals surface area contributed by atoms with Crippen molar-refractivity contribution in [1.29, 1.82) is 0 Å². The Kier molecular flexibility index (Phi) is 6.91. The maximum absolute atomic E-state index is 13.0. The van der Waals surface area contributed by atoms with Gasteiger partial charge in [0.25, 0.3) is 11.5 Å². The van der Waals surface area contributed by atoms with E-state index >= 15 is 0 Å². The van der Waals surface area contributed by atoms with Crippen molar-refractivity contribution in [2.45, 2.75) is 13.8 Å². The number of hydrogen-bond acceptors (Lipinski definition) is 7. The lowest BCUT2D eigenvalue weighted by Gasteiger charge is -2.15. The molecule has 9 heteroatoms. The minimum absolute atomic E-state index is 0.0832. The predicted molar refractivity (Wildman–Crippen MR) is 138 cm³/mol. The molecule has 36 heavy (non-hydrogen) atoms. The van der Waals surface area contributed by atoms with Crippen molar-refractivity contribution >= 4 is 16.8 Å². The van der Waals surface area contributed by atoms with Crippen molar-refractivity contribution in [3.63, 3.8) is 0 Å². The summed E-state index contributed by atoms with van der Waals surface area (Å²) >= 11 is 0. The summed E-state index contributed by atoms with van der Waals surface area (Å²) in [6.07, 6.45) is 0. The van der Waals surface area contributed by atoms with E-state index in [-0.39, 0.29) is 11.5 Å². The molecule has 0 unspecified atom stereocenters. The Morgan fingerprint density at radius 1 is 1.00 bits per heavy atom. The number of pyridine rings is 1. The molecule has 0 aliphatic rings. The minimum Gasteiger partial charge on any atom is -0.497 e. The lowest BCUT2D eigenvalue weighted by molar-refractivity contribution is 0.0827. The van der Waals surface area contributed by atoms with Crippen LogP contribution in [-0.2, 0) is 0 Å². The number of benzene rings is 2. The molecule has 0 spiro atoms. The van der Waals surface area contributed by atoms with Gasteiger partial charge in [0.1, 0.15) is 34.0 Å². The number of methoxy groups -OCH3 is 2. The number of aromatic nitrogens is 3. The molecule has 0 fully saturated rings. The summed E-state index contributed by atoms with van der Waals surface area (Å²) in [6.45, 7) is 4.27. The van der Waals surface area contributed by atoms with Gasteiger partial charge in [-0.1, -0.05) is 6.07 Å². The van der Waals surface area contributed by atoms with E-state index in [0.29, 0.717) is 57.5 Å². The molecular formula is C27H28N4O5. The standard InChI is InChI=1S/C27H28N4O5/c1-7-36-21-11-10-19(28-24(21)18-9-8-16(12-15(18)2)27(33)31(3)4)25-29-20-13-17(34-5)14-22(35-6)23(20)26(32)30-25/h8-14H,7H2,1-6H3,(H,29,30,32). The molecule has 0 aliphatic carbocycles. The van der Waals surface area contributed by atoms with Gasteiger partial charge in [-0.3, -0.25) is 9.59 Å². The van der Waals surface area contributed by atoms with Crippen molar-refractivity contribution in [2.75, 3.05) is 34.9 Å². The third-order valence-electron chi connectivity index (χ3n) is 5.74. The summed E-state index contributed by atoms with van der Waals surface area (Å²) < 4.78 is 16.5. The van der Waals surface area contributed by atoms with Crippen molar-refractivity contribution in [2.24, 2.45) is 0 Å². The van der Waals surface area contributed by atoms with Crippen LogP contribution in [0.15, 0.2) is 47.3 Å². The number of aryl methyl sites for hydroxylation is 1. The van der Waals surface area contributed by atoms with Gasteiger partial charge in [0.05, 0.1) is 26.3 Å². The summed E-state index contributed by atoms with van der Waals surface area (Å²) in [6, 6.07) is 12.3. The SMILES string of the molecule is CCOc1ccc(-c2nc3cc(OC)cc(OC)c3c(=O)[nH]2)nc1-c1ccc(C(=O)N(C)C)cc1C. The minimum atomic E-state index is -0.352. The first-order valence-corrected chi connectivity index (χ1v) is 11.4. The van der Waals surface area contributed by atoms with Gasteiger partial charge in [-0.15, -0.1) is 0 Å². The normalized spacial score (nSPS) is 10.8. The van der Waals surface area contributed by atoms with E-state index in [1.807, 2.05) is 26.0 Å². The number of ether oxygens (including phenoxy) is 3. The Labute approximate surface area is 208 Å². The first kappa shape index (κ1) is 24.7. The van der Waals surface area contributed by atoms with Crippen LogP contribution in [0.5, 0.6) is 17.2 Å². The smallest absolute Gasteiger partial charge is 0.262 e. The zero-order chi connectivity index (χ0) is 26.0. The van der Waals surface area contributed by atoms with Gasteiger partial charge in [0.2, 0.25) is 0 Å². The van der Waals surface area contributed by atoms with E-state index in [9.17, 15) is 9.59 Å². The van der Waals surface area contributed by atoms with Gasteiger partial charge in [-0.2, -0.15) is 0 Å². The monoisotopic (exact) mass is 488 g/mol. The molecule has 2 aromatic heterocycles. The summed E-state index contributed by atoms with van der Waals surface area (Å²) in [5.41, 5.74) is 3.37. The highest BCUT2D eigenvalue weighted by atomic mass is 16.5. The first-order chi connectivity index (χ1) is 17.3. The number of amides is 1. The Balaban J connectivity index is 1.88. The number of H-pyrrole nitrogens is 1. The fourth-order valence-electron chi connectivity index (χ4n) is 3.97. The van der Waals surface area contributed by atoms with E-state index in [1.165, 1.54) is 19.1 Å². The number of nitrogens with zero attached hydrogens (tertiary/aromatic N) is 3. The Hall–Kier alpha value is -4.40. The summed E-state index contributed by atoms with van der Waals surface area (Å²) in [5.74, 6) is 1.69. The number of nitrogens with one attached hydrogen (secondary N) is 1. The van der Waals surface area contributed by atoms with Crippen LogP contribution in [0.4, 0.5) is 0 Å². The van der Waals surface area contributed by atoms with Crippen LogP contribution in [-0.4, -0.2) is 60.7 Å². The molecule has 4 rings (SSSR count). The lowest BCUT2D eigenvalue weighted by atomic mass is 10.0. The van der Waals surface area contributed by atoms with E-state index < -0.39 is 0 Å². The van der Waals surface area contributed by atoms with E-state index in [0.717, 1.165) is 11.1 Å². The highest BCUT2D eigenvalue weighted by Gasteiger charge is 2.18. The fraction of sp³-hybridized carbons (Fsp3) is 0.259. The molecule has 0 aliphatic heterocycles. The number of hydrogen-bond donors (Lipinski definition) is 1. The van der Waals surface area contributed by atoms with Crippen LogP contribution in [0, 0.1) is 6.92 Å². The third-order valence-corrected chi connectivity index (χ3v) is 5.74. The molecule has 1 amide bonds. The Morgan fingerprint density at radius 3 is 2.42 bits per heavy atom. The van der Waals surface area contributed by atoms with Crippen LogP contribution < -0.4 is 19.8 Å². The van der Waals surface area contributed by atoms with Crippen molar-refractivity contribution in [1.82, 2.24) is 19.9 Å². The van der Waals surface area contributed by atoms with Crippen LogP contribution in [0.25, 0.3) is 33.7 Å². The number of carbonyl (C=O) groups excluding carboxylic acids is 1. The molecule has 1 N–H and O–H groups in total. The summed E-state index contributed by atoms with van der Waals surface area (Å²) in [7, 11) is 6.45. The average Bonchev–Trinajstić information content (AvgIpc) is 2.87. The maximum atomic E-state index is 13.0. The molecule has 0 radical (unpaired) electrons. The maximum Gasteiger partial charge on any atom is 0.262 e. The second kappa shape index (κ2) is 10.1. The average molecular weight is 489 g/mol. The van der Waals surface area contributed by atoms with Gasteiger partial charge in [0.15, 0.2) is 5.82 Å². The van der Waals surface area contributed by atoms with E-state index in [4.69, 9.17) is 19.2 Å². The number of fused-ring (bicyclic) bond motifs is 1. The van der Waals surface area contributed by atoms with Gasteiger partial charge in [-0.25, -0.2) is 9.97 Å². The second-order valence-corrected chi connectivity index (χ2v) is 8.34. The highest BCUT2D eigenvalue weighted by Crippen LogP contribution is 2.34. The molecule has 0 saturated carbocycles. The molecule has 186 valence electrons. The molecule has 4 aromatic rings. The first-order valence-electron chi connectivity index (χ1n) is 11.4. The van der Waals surface area contributed by atoms with Gasteiger partial charge in [0, 0.05) is 37.4 Å². The second-order valence-electron chi connectivity index (χ2n) is 8.34. The quantitative estimate of drug-likeness (QED) is 0.418. The molecule has 2 heterocycles. The van der Waals surface area contributed by atoms with Crippen molar-refractivity contribution < 1.29 is 19.0 Å². The van der Waals surface area contributed by atoms with Crippen LogP contribution >= 0.6 is 0 Å². The third kappa shape index (κ3) is 4.59. The highest BCUT2D eigenvalue weighted by molar-refractivity contribution is 5.95. The zero-order valence-electron chi connectivity index (χ0n) is 21.1. The molecular weight excluding hydrogens is 460 g/mol. The molecule has 0 bridgehead atoms. The van der Waals surface area contributed by atoms with Crippen molar-refractivity contribution in [3.05, 3.63) is 63.9 Å². The van der Waals surface area contributed by atoms with Gasteiger partial charge < -0.3 is 24.1 Å². The molecule has 0 saturated heterocycles. The van der Waals surface area contributed by atoms with Gasteiger partial charge >= 0.3 is 0 Å². The van der Waals surface area contributed by atoms with E-state index in [1.54, 1.807) is 44.4 Å². The van der Waals surface area contributed by atoms with Crippen LogP contribution in [0.2, 0.25) is 0 Å². The largest absolute Gasteiger partial charge is 0.497 e. The molecule has 2 aromatic carbocycles. The van der Waals surface area contributed by atoms with Gasteiger partial charge in [-0.05, 0) is 43.7 Å². The summed E-state index contributed by atoms with van der Waals surface area (Å²) in [4.78, 5) is 39.2. The van der Waals surface area contributed by atoms with Crippen LogP contribution in [0.1, 0.15) is 22.8 Å². The topological polar surface area (TPSA) is 107 Å². The lowest BCUT2D eigenvalue weighted by Crippen LogP contribution is -2.21. The molecule has 9 nitrogen and oxygen atoms in total. The van der Waals surface area contributed by atoms with Crippen molar-refractivity contribution in [3.8, 4) is 40.0 Å². The summed E-state index contributed by atoms with van der Waals surface area (Å²) in [5, 5.41) is 0.324. The number of rotatable bonds is 7. The number of aromatic amines is 1. The predicted octanol–water partition coefficient (Wildman–Crippen LogP) is 4.08. The zero-order valence-corrected chi connectivity index (χ0v) is 21.1. The Morgan fingerprint density at radius 2 is 1.78 bits per heavy atom. The molecule has 0 atom stereocenters. The van der Waals surface area contributed by atoms with E-state index in [2.05, 4.69) is 9.97 Å².